The minimum atomic E-state index is -0.238. The molecule has 2 unspecified atom stereocenters. The Morgan fingerprint density at radius 3 is 2.70 bits per heavy atom. The van der Waals surface area contributed by atoms with Gasteiger partial charge in [0.25, 0.3) is 0 Å². The highest BCUT2D eigenvalue weighted by atomic mass is 19.1. The van der Waals surface area contributed by atoms with Crippen molar-refractivity contribution in [3.63, 3.8) is 0 Å². The highest BCUT2D eigenvalue weighted by Gasteiger charge is 2.35. The number of ether oxygens (including phenoxy) is 1. The van der Waals surface area contributed by atoms with Crippen molar-refractivity contribution in [3.05, 3.63) is 53.9 Å². The van der Waals surface area contributed by atoms with E-state index in [4.69, 9.17) is 4.74 Å². The molecule has 2 aromatic rings. The van der Waals surface area contributed by atoms with E-state index in [1.807, 2.05) is 31.2 Å². The molecular formula is C28H37FO. The Hall–Kier alpha value is -1.83. The van der Waals surface area contributed by atoms with Crippen LogP contribution >= 0.6 is 0 Å². The van der Waals surface area contributed by atoms with Crippen LogP contribution in [-0.2, 0) is 0 Å². The van der Waals surface area contributed by atoms with E-state index in [-0.39, 0.29) is 5.82 Å². The lowest BCUT2D eigenvalue weighted by molar-refractivity contribution is 0.113. The highest BCUT2D eigenvalue weighted by molar-refractivity contribution is 5.85. The molecule has 2 aliphatic rings. The monoisotopic (exact) mass is 408 g/mol. The second kappa shape index (κ2) is 9.98. The normalized spacial score (nSPS) is 26.8. The molecule has 4 atom stereocenters. The van der Waals surface area contributed by atoms with Gasteiger partial charge in [-0.3, -0.25) is 0 Å². The van der Waals surface area contributed by atoms with Crippen LogP contribution in [0.5, 0.6) is 5.75 Å². The maximum atomic E-state index is 14.9. The fraction of sp³-hybridized carbons (Fsp3) is 0.571. The van der Waals surface area contributed by atoms with E-state index in [1.54, 1.807) is 6.07 Å². The molecule has 1 nitrogen and oxygen atoms in total. The Bertz CT molecular complexity index is 870. The van der Waals surface area contributed by atoms with E-state index in [2.05, 4.69) is 19.1 Å². The van der Waals surface area contributed by atoms with Crippen LogP contribution in [0.1, 0.15) is 83.1 Å². The van der Waals surface area contributed by atoms with Crippen LogP contribution in [0.3, 0.4) is 0 Å². The molecule has 0 amide bonds. The van der Waals surface area contributed by atoms with Gasteiger partial charge in [-0.2, -0.15) is 0 Å². The van der Waals surface area contributed by atoms with E-state index >= 15 is 0 Å². The van der Waals surface area contributed by atoms with E-state index < -0.39 is 0 Å². The van der Waals surface area contributed by atoms with E-state index in [0.717, 1.165) is 23.1 Å². The molecule has 2 aromatic carbocycles. The number of halogens is 1. The average Bonchev–Trinajstić information content (AvgIpc) is 2.78. The number of allylic oxidation sites excluding steroid dienone is 1. The van der Waals surface area contributed by atoms with Gasteiger partial charge in [0.15, 0.2) is 11.6 Å². The molecule has 0 aromatic heterocycles. The topological polar surface area (TPSA) is 9.23 Å². The van der Waals surface area contributed by atoms with Gasteiger partial charge in [0, 0.05) is 5.39 Å². The van der Waals surface area contributed by atoms with Crippen molar-refractivity contribution < 1.29 is 9.13 Å². The zero-order valence-electron chi connectivity index (χ0n) is 18.7. The second-order valence-electron chi connectivity index (χ2n) is 9.59. The van der Waals surface area contributed by atoms with Crippen molar-refractivity contribution >= 4 is 10.8 Å². The summed E-state index contributed by atoms with van der Waals surface area (Å²) in [7, 11) is 0. The van der Waals surface area contributed by atoms with Gasteiger partial charge in [-0.05, 0) is 79.7 Å². The van der Waals surface area contributed by atoms with Crippen LogP contribution in [0.4, 0.5) is 4.39 Å². The third-order valence-corrected chi connectivity index (χ3v) is 7.67. The summed E-state index contributed by atoms with van der Waals surface area (Å²) in [5.41, 5.74) is 1.40. The smallest absolute Gasteiger partial charge is 0.172 e. The van der Waals surface area contributed by atoms with Gasteiger partial charge in [-0.25, -0.2) is 4.39 Å². The first kappa shape index (κ1) is 21.4. The first-order valence-electron chi connectivity index (χ1n) is 12.2. The van der Waals surface area contributed by atoms with Gasteiger partial charge < -0.3 is 4.74 Å². The van der Waals surface area contributed by atoms with Crippen molar-refractivity contribution in [1.82, 2.24) is 0 Å². The minimum absolute atomic E-state index is 0.238. The number of hydrogen-bond acceptors (Lipinski definition) is 1. The molecule has 2 heteroatoms. The van der Waals surface area contributed by atoms with Gasteiger partial charge in [0.2, 0.25) is 0 Å². The largest absolute Gasteiger partial charge is 0.486 e. The summed E-state index contributed by atoms with van der Waals surface area (Å²) >= 11 is 0. The molecule has 4 rings (SSSR count). The molecule has 2 fully saturated rings. The molecule has 0 saturated heterocycles. The second-order valence-corrected chi connectivity index (χ2v) is 9.59. The van der Waals surface area contributed by atoms with Crippen LogP contribution in [0, 0.1) is 23.6 Å². The zero-order valence-corrected chi connectivity index (χ0v) is 18.7. The summed E-state index contributed by atoms with van der Waals surface area (Å²) in [5.74, 6) is 3.57. The summed E-state index contributed by atoms with van der Waals surface area (Å²) in [4.78, 5) is 0. The van der Waals surface area contributed by atoms with E-state index in [9.17, 15) is 4.39 Å². The quantitative estimate of drug-likeness (QED) is 0.418. The first-order chi connectivity index (χ1) is 14.7. The number of hydrogen-bond donors (Lipinski definition) is 0. The maximum Gasteiger partial charge on any atom is 0.172 e. The molecular weight excluding hydrogens is 371 g/mol. The molecule has 2 saturated carbocycles. The Balaban J connectivity index is 1.43. The molecule has 0 spiro atoms. The summed E-state index contributed by atoms with van der Waals surface area (Å²) in [6, 6.07) is 10.2. The van der Waals surface area contributed by atoms with Gasteiger partial charge in [0.05, 0.1) is 0 Å². The zero-order chi connectivity index (χ0) is 20.9. The standard InChI is InChI=1S/C28H37FO/c1-3-5-7-20-8-9-22-18-23(11-10-21(22)17-20)24-12-14-26-25(19-24)13-15-27(28(26)29)30-16-6-4-2/h4,6,12-15,19-23H,3,5,7-11,16-18H2,1-2H3/b6-4+/t20?,21-,22?,23-/m1/s1. The van der Waals surface area contributed by atoms with Crippen molar-refractivity contribution in [3.8, 4) is 5.75 Å². The third kappa shape index (κ3) is 4.74. The van der Waals surface area contributed by atoms with Gasteiger partial charge >= 0.3 is 0 Å². The SMILES string of the molecule is C/C=C/COc1ccc2cc([C@@H]3CC[C@@H]4CC(CCCC)CCC4C3)ccc2c1F. The van der Waals surface area contributed by atoms with Crippen molar-refractivity contribution in [1.29, 1.82) is 0 Å². The number of unbranched alkanes of at least 4 members (excludes halogenated alkanes) is 1. The lowest BCUT2D eigenvalue weighted by Crippen LogP contribution is -2.30. The lowest BCUT2D eigenvalue weighted by atomic mass is 9.63. The summed E-state index contributed by atoms with van der Waals surface area (Å²) < 4.78 is 20.4. The predicted octanol–water partition coefficient (Wildman–Crippen LogP) is 8.42. The lowest BCUT2D eigenvalue weighted by Gasteiger charge is -2.42. The van der Waals surface area contributed by atoms with Crippen molar-refractivity contribution in [2.24, 2.45) is 17.8 Å². The Kier molecular flexibility index (Phi) is 7.12. The minimum Gasteiger partial charge on any atom is -0.486 e. The predicted molar refractivity (Wildman–Crippen MR) is 125 cm³/mol. The summed E-state index contributed by atoms with van der Waals surface area (Å²) in [6.45, 7) is 4.65. The Labute approximate surface area is 181 Å². The van der Waals surface area contributed by atoms with Crippen LogP contribution < -0.4 is 4.74 Å². The van der Waals surface area contributed by atoms with Gasteiger partial charge in [-0.15, -0.1) is 0 Å². The van der Waals surface area contributed by atoms with Crippen LogP contribution in [-0.4, -0.2) is 6.61 Å². The van der Waals surface area contributed by atoms with Crippen LogP contribution in [0.25, 0.3) is 10.8 Å². The molecule has 0 aliphatic heterocycles. The van der Waals surface area contributed by atoms with Crippen LogP contribution in [0.15, 0.2) is 42.5 Å². The average molecular weight is 409 g/mol. The van der Waals surface area contributed by atoms with E-state index in [1.165, 1.54) is 63.4 Å². The molecule has 0 bridgehead atoms. The molecule has 0 N–H and O–H groups in total. The Morgan fingerprint density at radius 1 is 1.03 bits per heavy atom. The summed E-state index contributed by atoms with van der Waals surface area (Å²) in [5, 5.41) is 1.66. The van der Waals surface area contributed by atoms with Gasteiger partial charge in [0.1, 0.15) is 6.61 Å². The highest BCUT2D eigenvalue weighted by Crippen LogP contribution is 2.48. The van der Waals surface area contributed by atoms with E-state index in [0.29, 0.717) is 23.7 Å². The third-order valence-electron chi connectivity index (χ3n) is 7.67. The maximum absolute atomic E-state index is 14.9. The summed E-state index contributed by atoms with van der Waals surface area (Å²) in [6.07, 6.45) is 16.3. The molecule has 162 valence electrons. The number of fused-ring (bicyclic) bond motifs is 2. The fourth-order valence-corrected chi connectivity index (χ4v) is 5.93. The van der Waals surface area contributed by atoms with Crippen LogP contribution in [0.2, 0.25) is 0 Å². The van der Waals surface area contributed by atoms with Crippen molar-refractivity contribution in [2.75, 3.05) is 6.61 Å². The first-order valence-corrected chi connectivity index (χ1v) is 12.2. The molecule has 0 heterocycles. The number of rotatable bonds is 7. The fourth-order valence-electron chi connectivity index (χ4n) is 5.93. The Morgan fingerprint density at radius 2 is 1.87 bits per heavy atom. The van der Waals surface area contributed by atoms with Crippen molar-refractivity contribution in [2.45, 2.75) is 77.6 Å². The molecule has 30 heavy (non-hydrogen) atoms. The number of benzene rings is 2. The van der Waals surface area contributed by atoms with Gasteiger partial charge in [-0.1, -0.05) is 69.0 Å². The molecule has 2 aliphatic carbocycles. The molecule has 0 radical (unpaired) electrons.